The Morgan fingerprint density at radius 2 is 1.66 bits per heavy atom. The molecule has 146 valence electrons. The van der Waals surface area contributed by atoms with E-state index in [1.54, 1.807) is 42.5 Å². The van der Waals surface area contributed by atoms with Gasteiger partial charge in [0.1, 0.15) is 18.9 Å². The smallest absolute Gasteiger partial charge is 0.274 e. The summed E-state index contributed by atoms with van der Waals surface area (Å²) < 4.78 is 11.0. The molecule has 2 aromatic carbocycles. The first kappa shape index (κ1) is 18.4. The molecule has 0 radical (unpaired) electrons. The molecular formula is C21H18N4O4. The predicted octanol–water partition coefficient (Wildman–Crippen LogP) is 3.45. The topological polar surface area (TPSA) is 102 Å². The van der Waals surface area contributed by atoms with Crippen LogP contribution in [0.5, 0.6) is 11.5 Å². The number of ether oxygens (including phenoxy) is 2. The van der Waals surface area contributed by atoms with E-state index in [4.69, 9.17) is 9.47 Å². The van der Waals surface area contributed by atoms with Gasteiger partial charge in [-0.2, -0.15) is 0 Å². The maximum Gasteiger partial charge on any atom is 0.274 e. The van der Waals surface area contributed by atoms with Crippen LogP contribution in [0, 0.1) is 0 Å². The van der Waals surface area contributed by atoms with Crippen LogP contribution in [-0.2, 0) is 0 Å². The molecule has 1 amide bonds. The fraction of sp³-hybridized carbons (Fsp3) is 0.143. The van der Waals surface area contributed by atoms with E-state index in [1.165, 1.54) is 19.2 Å². The Morgan fingerprint density at radius 1 is 0.931 bits per heavy atom. The molecule has 1 aliphatic heterocycles. The van der Waals surface area contributed by atoms with Crippen molar-refractivity contribution in [1.29, 1.82) is 0 Å². The van der Waals surface area contributed by atoms with Crippen molar-refractivity contribution in [3.05, 3.63) is 66.0 Å². The van der Waals surface area contributed by atoms with Crippen LogP contribution >= 0.6 is 0 Å². The number of hydrogen-bond donors (Lipinski definition) is 2. The number of fused-ring (bicyclic) bond motifs is 1. The summed E-state index contributed by atoms with van der Waals surface area (Å²) in [4.78, 5) is 32.3. The number of hydrogen-bond acceptors (Lipinski definition) is 7. The van der Waals surface area contributed by atoms with Gasteiger partial charge in [-0.05, 0) is 49.4 Å². The zero-order valence-electron chi connectivity index (χ0n) is 15.6. The van der Waals surface area contributed by atoms with Gasteiger partial charge in [0.25, 0.3) is 5.91 Å². The Labute approximate surface area is 166 Å². The van der Waals surface area contributed by atoms with E-state index >= 15 is 0 Å². The van der Waals surface area contributed by atoms with Crippen LogP contribution in [0.25, 0.3) is 0 Å². The maximum atomic E-state index is 12.6. The molecule has 8 nitrogen and oxygen atoms in total. The highest BCUT2D eigenvalue weighted by atomic mass is 16.6. The van der Waals surface area contributed by atoms with Gasteiger partial charge in [-0.1, -0.05) is 0 Å². The third-order valence-corrected chi connectivity index (χ3v) is 4.24. The van der Waals surface area contributed by atoms with Crippen LogP contribution in [0.3, 0.4) is 0 Å². The van der Waals surface area contributed by atoms with Crippen molar-refractivity contribution in [2.45, 2.75) is 6.92 Å². The second kappa shape index (κ2) is 7.97. The third kappa shape index (κ3) is 4.32. The molecule has 0 atom stereocenters. The lowest BCUT2D eigenvalue weighted by molar-refractivity contribution is 0.101. The van der Waals surface area contributed by atoms with E-state index < -0.39 is 0 Å². The van der Waals surface area contributed by atoms with Crippen LogP contribution in [0.4, 0.5) is 17.3 Å². The Hall–Kier alpha value is -3.94. The lowest BCUT2D eigenvalue weighted by Crippen LogP contribution is -2.17. The minimum Gasteiger partial charge on any atom is -0.486 e. The SMILES string of the molecule is CC(=O)c1ccc(Nc2nccc(C(=O)Nc3ccc4c(c3)OCCO4)n2)cc1. The number of rotatable bonds is 5. The summed E-state index contributed by atoms with van der Waals surface area (Å²) >= 11 is 0. The molecule has 8 heteroatoms. The summed E-state index contributed by atoms with van der Waals surface area (Å²) in [5.74, 6) is 1.13. The molecule has 4 rings (SSSR count). The molecule has 2 N–H and O–H groups in total. The van der Waals surface area contributed by atoms with Crippen molar-refractivity contribution in [3.63, 3.8) is 0 Å². The Bertz CT molecular complexity index is 1070. The molecule has 2 heterocycles. The maximum absolute atomic E-state index is 12.6. The molecule has 0 bridgehead atoms. The minimum atomic E-state index is -0.376. The summed E-state index contributed by atoms with van der Waals surface area (Å²) in [6.45, 7) is 2.49. The second-order valence-electron chi connectivity index (χ2n) is 6.34. The average molecular weight is 390 g/mol. The number of ketones is 1. The quantitative estimate of drug-likeness (QED) is 0.643. The van der Waals surface area contributed by atoms with Gasteiger partial charge in [0.05, 0.1) is 0 Å². The molecule has 0 spiro atoms. The summed E-state index contributed by atoms with van der Waals surface area (Å²) in [6.07, 6.45) is 1.50. The van der Waals surface area contributed by atoms with Gasteiger partial charge in [0, 0.05) is 29.2 Å². The van der Waals surface area contributed by atoms with Crippen LogP contribution < -0.4 is 20.1 Å². The highest BCUT2D eigenvalue weighted by Gasteiger charge is 2.14. The van der Waals surface area contributed by atoms with Gasteiger partial charge in [-0.3, -0.25) is 9.59 Å². The van der Waals surface area contributed by atoms with Crippen molar-refractivity contribution < 1.29 is 19.1 Å². The van der Waals surface area contributed by atoms with E-state index in [-0.39, 0.29) is 23.3 Å². The fourth-order valence-electron chi connectivity index (χ4n) is 2.78. The molecule has 0 unspecified atom stereocenters. The zero-order chi connectivity index (χ0) is 20.2. The summed E-state index contributed by atoms with van der Waals surface area (Å²) in [7, 11) is 0. The number of carbonyl (C=O) groups is 2. The van der Waals surface area contributed by atoms with Gasteiger partial charge in [0.15, 0.2) is 17.3 Å². The van der Waals surface area contributed by atoms with Gasteiger partial charge in [-0.15, -0.1) is 0 Å². The van der Waals surface area contributed by atoms with E-state index in [0.29, 0.717) is 41.7 Å². The normalized spacial score (nSPS) is 12.2. The standard InChI is InChI=1S/C21H18N4O4/c1-13(26)14-2-4-15(5-3-14)24-21-22-9-8-17(25-21)20(27)23-16-6-7-18-19(12-16)29-11-10-28-18/h2-9,12H,10-11H2,1H3,(H,23,27)(H,22,24,25). The van der Waals surface area contributed by atoms with Crippen molar-refractivity contribution >= 4 is 29.0 Å². The first-order valence-electron chi connectivity index (χ1n) is 9.00. The number of amides is 1. The van der Waals surface area contributed by atoms with E-state index in [9.17, 15) is 9.59 Å². The first-order valence-corrected chi connectivity index (χ1v) is 9.00. The highest BCUT2D eigenvalue weighted by molar-refractivity contribution is 6.03. The lowest BCUT2D eigenvalue weighted by atomic mass is 10.1. The minimum absolute atomic E-state index is 0.00870. The largest absolute Gasteiger partial charge is 0.486 e. The van der Waals surface area contributed by atoms with Crippen LogP contribution in [0.15, 0.2) is 54.7 Å². The average Bonchev–Trinajstić information content (AvgIpc) is 2.74. The molecular weight excluding hydrogens is 372 g/mol. The number of anilines is 3. The van der Waals surface area contributed by atoms with Crippen LogP contribution in [0.2, 0.25) is 0 Å². The molecule has 0 saturated carbocycles. The van der Waals surface area contributed by atoms with Gasteiger partial charge in [-0.25, -0.2) is 9.97 Å². The molecule has 1 aliphatic rings. The number of aromatic nitrogens is 2. The Morgan fingerprint density at radius 3 is 2.41 bits per heavy atom. The van der Waals surface area contributed by atoms with Crippen LogP contribution in [0.1, 0.15) is 27.8 Å². The molecule has 0 fully saturated rings. The number of nitrogens with one attached hydrogen (secondary N) is 2. The van der Waals surface area contributed by atoms with Gasteiger partial charge in [0.2, 0.25) is 5.95 Å². The molecule has 0 aliphatic carbocycles. The van der Waals surface area contributed by atoms with Crippen LogP contribution in [-0.4, -0.2) is 34.9 Å². The van der Waals surface area contributed by atoms with Crippen molar-refractivity contribution in [1.82, 2.24) is 9.97 Å². The fourth-order valence-corrected chi connectivity index (χ4v) is 2.78. The molecule has 1 aromatic heterocycles. The molecule has 3 aromatic rings. The highest BCUT2D eigenvalue weighted by Crippen LogP contribution is 2.32. The van der Waals surface area contributed by atoms with E-state index in [1.807, 2.05) is 0 Å². The Kier molecular flexibility index (Phi) is 5.07. The van der Waals surface area contributed by atoms with Crippen molar-refractivity contribution in [2.75, 3.05) is 23.8 Å². The summed E-state index contributed by atoms with van der Waals surface area (Å²) in [6, 6.07) is 13.7. The predicted molar refractivity (Wildman–Crippen MR) is 107 cm³/mol. The van der Waals surface area contributed by atoms with Gasteiger partial charge >= 0.3 is 0 Å². The number of nitrogens with zero attached hydrogens (tertiary/aromatic N) is 2. The van der Waals surface area contributed by atoms with E-state index in [2.05, 4.69) is 20.6 Å². The number of carbonyl (C=O) groups excluding carboxylic acids is 2. The van der Waals surface area contributed by atoms with Gasteiger partial charge < -0.3 is 20.1 Å². The first-order chi connectivity index (χ1) is 14.1. The Balaban J connectivity index is 1.46. The summed E-state index contributed by atoms with van der Waals surface area (Å²) in [5, 5.41) is 5.81. The molecule has 29 heavy (non-hydrogen) atoms. The second-order valence-corrected chi connectivity index (χ2v) is 6.34. The third-order valence-electron chi connectivity index (χ3n) is 4.24. The van der Waals surface area contributed by atoms with E-state index in [0.717, 1.165) is 0 Å². The van der Waals surface area contributed by atoms with Crippen molar-refractivity contribution in [3.8, 4) is 11.5 Å². The van der Waals surface area contributed by atoms with Crippen molar-refractivity contribution in [2.24, 2.45) is 0 Å². The number of benzene rings is 2. The summed E-state index contributed by atoms with van der Waals surface area (Å²) in [5.41, 5.74) is 2.10. The lowest BCUT2D eigenvalue weighted by Gasteiger charge is -2.19. The molecule has 0 saturated heterocycles. The number of Topliss-reactive ketones (excluding diaryl/α,β-unsaturated/α-hetero) is 1. The monoisotopic (exact) mass is 390 g/mol. The zero-order valence-corrected chi connectivity index (χ0v) is 15.6.